The first-order chi connectivity index (χ1) is 9.74. The van der Waals surface area contributed by atoms with Gasteiger partial charge in [0.2, 0.25) is 0 Å². The highest BCUT2D eigenvalue weighted by Gasteiger charge is 2.04. The summed E-state index contributed by atoms with van der Waals surface area (Å²) in [7, 11) is 0. The molecule has 0 amide bonds. The van der Waals surface area contributed by atoms with Crippen LogP contribution in [0.2, 0.25) is 0 Å². The predicted molar refractivity (Wildman–Crippen MR) is 89.6 cm³/mol. The van der Waals surface area contributed by atoms with Crippen molar-refractivity contribution in [2.45, 2.75) is 45.6 Å². The summed E-state index contributed by atoms with van der Waals surface area (Å²) < 4.78 is 0. The summed E-state index contributed by atoms with van der Waals surface area (Å²) in [5.74, 6) is 0. The minimum absolute atomic E-state index is 0.574. The second-order valence-electron chi connectivity index (χ2n) is 5.51. The molecule has 1 aromatic carbocycles. The minimum atomic E-state index is 0.574. The van der Waals surface area contributed by atoms with Crippen molar-refractivity contribution in [2.24, 2.45) is 0 Å². The van der Waals surface area contributed by atoms with Gasteiger partial charge in [0.1, 0.15) is 0 Å². The van der Waals surface area contributed by atoms with Gasteiger partial charge in [-0.1, -0.05) is 30.3 Å². The number of hydrogen-bond acceptors (Lipinski definition) is 2. The Kier molecular flexibility index (Phi) is 6.28. The van der Waals surface area contributed by atoms with E-state index in [9.17, 15) is 0 Å². The van der Waals surface area contributed by atoms with Gasteiger partial charge in [0.15, 0.2) is 0 Å². The number of benzene rings is 1. The predicted octanol–water partition coefficient (Wildman–Crippen LogP) is 4.60. The summed E-state index contributed by atoms with van der Waals surface area (Å²) in [6.45, 7) is 5.58. The average Bonchev–Trinajstić information content (AvgIpc) is 2.85. The SMILES string of the molecule is Cc1ccc(CC(C)NCCCCc2ccccc2)s1. The highest BCUT2D eigenvalue weighted by Crippen LogP contribution is 2.16. The summed E-state index contributed by atoms with van der Waals surface area (Å²) in [4.78, 5) is 2.90. The van der Waals surface area contributed by atoms with Crippen LogP contribution >= 0.6 is 11.3 Å². The summed E-state index contributed by atoms with van der Waals surface area (Å²) >= 11 is 1.92. The van der Waals surface area contributed by atoms with Crippen molar-refractivity contribution >= 4 is 11.3 Å². The van der Waals surface area contributed by atoms with Crippen LogP contribution < -0.4 is 5.32 Å². The lowest BCUT2D eigenvalue weighted by Crippen LogP contribution is -2.28. The van der Waals surface area contributed by atoms with Crippen LogP contribution in [0.5, 0.6) is 0 Å². The zero-order valence-electron chi connectivity index (χ0n) is 12.6. The van der Waals surface area contributed by atoms with E-state index in [0.717, 1.165) is 13.0 Å². The maximum atomic E-state index is 3.63. The molecule has 0 aliphatic heterocycles. The van der Waals surface area contributed by atoms with Gasteiger partial charge in [-0.25, -0.2) is 0 Å². The van der Waals surface area contributed by atoms with Crippen molar-refractivity contribution in [1.29, 1.82) is 0 Å². The summed E-state index contributed by atoms with van der Waals surface area (Å²) in [5, 5.41) is 3.63. The average molecular weight is 287 g/mol. The lowest BCUT2D eigenvalue weighted by Gasteiger charge is -2.12. The van der Waals surface area contributed by atoms with Crippen LogP contribution in [-0.4, -0.2) is 12.6 Å². The molecule has 1 atom stereocenters. The Balaban J connectivity index is 1.56. The third-order valence-electron chi connectivity index (χ3n) is 3.53. The van der Waals surface area contributed by atoms with E-state index in [1.165, 1.54) is 34.6 Å². The van der Waals surface area contributed by atoms with E-state index in [1.807, 2.05) is 11.3 Å². The molecule has 0 aliphatic rings. The summed E-state index contributed by atoms with van der Waals surface area (Å²) in [6.07, 6.45) is 4.86. The standard InChI is InChI=1S/C18H25NS/c1-15(14-18-12-11-16(2)20-18)19-13-7-6-10-17-8-4-3-5-9-17/h3-5,8-9,11-12,15,19H,6-7,10,13-14H2,1-2H3. The second kappa shape index (κ2) is 8.23. The molecule has 2 heteroatoms. The van der Waals surface area contributed by atoms with Crippen LogP contribution in [0, 0.1) is 6.92 Å². The van der Waals surface area contributed by atoms with E-state index in [0.29, 0.717) is 6.04 Å². The number of hydrogen-bond donors (Lipinski definition) is 1. The fraction of sp³-hybridized carbons (Fsp3) is 0.444. The van der Waals surface area contributed by atoms with Crippen LogP contribution in [0.4, 0.5) is 0 Å². The van der Waals surface area contributed by atoms with Crippen molar-refractivity contribution < 1.29 is 0 Å². The molecule has 108 valence electrons. The highest BCUT2D eigenvalue weighted by atomic mass is 32.1. The summed E-state index contributed by atoms with van der Waals surface area (Å²) in [5.41, 5.74) is 1.45. The number of unbranched alkanes of at least 4 members (excludes halogenated alkanes) is 1. The van der Waals surface area contributed by atoms with Crippen LogP contribution in [0.15, 0.2) is 42.5 Å². The maximum absolute atomic E-state index is 3.63. The molecule has 0 fully saturated rings. The van der Waals surface area contributed by atoms with Crippen molar-refractivity contribution in [3.05, 3.63) is 57.8 Å². The fourth-order valence-corrected chi connectivity index (χ4v) is 3.44. The first kappa shape index (κ1) is 15.3. The largest absolute Gasteiger partial charge is 0.314 e. The van der Waals surface area contributed by atoms with E-state index < -0.39 is 0 Å². The van der Waals surface area contributed by atoms with Gasteiger partial charge in [0.05, 0.1) is 0 Å². The molecule has 0 saturated heterocycles. The zero-order chi connectivity index (χ0) is 14.2. The van der Waals surface area contributed by atoms with Gasteiger partial charge in [0, 0.05) is 15.8 Å². The third kappa shape index (κ3) is 5.48. The number of nitrogens with one attached hydrogen (secondary N) is 1. The second-order valence-corrected chi connectivity index (χ2v) is 6.89. The Morgan fingerprint density at radius 2 is 1.85 bits per heavy atom. The van der Waals surface area contributed by atoms with Crippen LogP contribution in [-0.2, 0) is 12.8 Å². The Bertz CT molecular complexity index is 489. The third-order valence-corrected chi connectivity index (χ3v) is 4.55. The van der Waals surface area contributed by atoms with Crippen LogP contribution in [0.25, 0.3) is 0 Å². The molecule has 1 heterocycles. The normalized spacial score (nSPS) is 12.5. The molecule has 0 radical (unpaired) electrons. The Morgan fingerprint density at radius 3 is 2.55 bits per heavy atom. The van der Waals surface area contributed by atoms with Gasteiger partial charge in [-0.3, -0.25) is 0 Å². The smallest absolute Gasteiger partial charge is 0.00870 e. The van der Waals surface area contributed by atoms with E-state index in [1.54, 1.807) is 0 Å². The van der Waals surface area contributed by atoms with Gasteiger partial charge < -0.3 is 5.32 Å². The molecule has 0 saturated carbocycles. The molecule has 2 aromatic rings. The molecule has 0 aliphatic carbocycles. The van der Waals surface area contributed by atoms with E-state index >= 15 is 0 Å². The molecule has 20 heavy (non-hydrogen) atoms. The quantitative estimate of drug-likeness (QED) is 0.700. The fourth-order valence-electron chi connectivity index (χ4n) is 2.42. The molecule has 0 spiro atoms. The lowest BCUT2D eigenvalue weighted by molar-refractivity contribution is 0.527. The molecule has 0 bridgehead atoms. The van der Waals surface area contributed by atoms with Crippen molar-refractivity contribution in [3.8, 4) is 0 Å². The monoisotopic (exact) mass is 287 g/mol. The molecule has 1 N–H and O–H groups in total. The molecular weight excluding hydrogens is 262 g/mol. The molecule has 1 nitrogen and oxygen atoms in total. The van der Waals surface area contributed by atoms with E-state index in [2.05, 4.69) is 61.6 Å². The van der Waals surface area contributed by atoms with E-state index in [4.69, 9.17) is 0 Å². The van der Waals surface area contributed by atoms with Crippen LogP contribution in [0.3, 0.4) is 0 Å². The Labute approximate surface area is 127 Å². The minimum Gasteiger partial charge on any atom is -0.314 e. The zero-order valence-corrected chi connectivity index (χ0v) is 13.4. The molecule has 2 rings (SSSR count). The topological polar surface area (TPSA) is 12.0 Å². The van der Waals surface area contributed by atoms with Crippen molar-refractivity contribution in [2.75, 3.05) is 6.54 Å². The van der Waals surface area contributed by atoms with Crippen molar-refractivity contribution in [3.63, 3.8) is 0 Å². The first-order valence-electron chi connectivity index (χ1n) is 7.56. The molecule has 1 aromatic heterocycles. The number of rotatable bonds is 8. The van der Waals surface area contributed by atoms with Gasteiger partial charge in [-0.15, -0.1) is 11.3 Å². The van der Waals surface area contributed by atoms with Crippen molar-refractivity contribution in [1.82, 2.24) is 5.32 Å². The van der Waals surface area contributed by atoms with E-state index in [-0.39, 0.29) is 0 Å². The maximum Gasteiger partial charge on any atom is 0.00870 e. The Hall–Kier alpha value is -1.12. The van der Waals surface area contributed by atoms with Gasteiger partial charge in [-0.05, 0) is 63.8 Å². The number of aryl methyl sites for hydroxylation is 2. The van der Waals surface area contributed by atoms with Crippen LogP contribution in [0.1, 0.15) is 35.1 Å². The molecule has 1 unspecified atom stereocenters. The van der Waals surface area contributed by atoms with Gasteiger partial charge >= 0.3 is 0 Å². The van der Waals surface area contributed by atoms with Gasteiger partial charge in [-0.2, -0.15) is 0 Å². The Morgan fingerprint density at radius 1 is 1.05 bits per heavy atom. The van der Waals surface area contributed by atoms with Gasteiger partial charge in [0.25, 0.3) is 0 Å². The first-order valence-corrected chi connectivity index (χ1v) is 8.38. The molecular formula is C18H25NS. The lowest BCUT2D eigenvalue weighted by atomic mass is 10.1. The number of thiophene rings is 1. The highest BCUT2D eigenvalue weighted by molar-refractivity contribution is 7.11. The summed E-state index contributed by atoms with van der Waals surface area (Å²) in [6, 6.07) is 15.8.